The van der Waals surface area contributed by atoms with Crippen LogP contribution in [0.5, 0.6) is 0 Å². The van der Waals surface area contributed by atoms with Crippen LogP contribution in [-0.2, 0) is 19.4 Å². The zero-order chi connectivity index (χ0) is 23.0. The van der Waals surface area contributed by atoms with Crippen LogP contribution in [0.25, 0.3) is 0 Å². The molecule has 10 heteroatoms. The summed E-state index contributed by atoms with van der Waals surface area (Å²) in [5.41, 5.74) is -0.00585. The van der Waals surface area contributed by atoms with Gasteiger partial charge in [-0.1, -0.05) is 23.7 Å². The van der Waals surface area contributed by atoms with E-state index in [0.717, 1.165) is 18.2 Å². The van der Waals surface area contributed by atoms with Crippen LogP contribution in [0.2, 0.25) is 5.02 Å². The summed E-state index contributed by atoms with van der Waals surface area (Å²) in [6.45, 7) is -0.696. The van der Waals surface area contributed by atoms with E-state index in [4.69, 9.17) is 16.3 Å². The first-order valence-corrected chi connectivity index (χ1v) is 11.0. The molecule has 0 unspecified atom stereocenters. The number of fused-ring (bicyclic) bond motifs is 2. The molecule has 0 atom stereocenters. The number of halogens is 2. The van der Waals surface area contributed by atoms with Crippen LogP contribution in [0, 0.1) is 5.82 Å². The minimum absolute atomic E-state index is 0.0329. The van der Waals surface area contributed by atoms with Gasteiger partial charge in [-0.2, -0.15) is 0 Å². The third kappa shape index (κ3) is 3.88. The minimum Gasteiger partial charge on any atom is -0.452 e. The van der Waals surface area contributed by atoms with E-state index in [1.54, 1.807) is 6.07 Å². The molecule has 1 heterocycles. The van der Waals surface area contributed by atoms with Gasteiger partial charge in [0.15, 0.2) is 12.4 Å². The van der Waals surface area contributed by atoms with E-state index in [1.807, 2.05) is 0 Å². The zero-order valence-electron chi connectivity index (χ0n) is 16.1. The molecule has 1 amide bonds. The third-order valence-electron chi connectivity index (χ3n) is 4.71. The Hall–Kier alpha value is -3.56. The molecule has 1 aliphatic rings. The lowest BCUT2D eigenvalue weighted by Gasteiger charge is -2.19. The van der Waals surface area contributed by atoms with Gasteiger partial charge in [0.25, 0.3) is 5.91 Å². The van der Waals surface area contributed by atoms with Crippen molar-refractivity contribution in [2.75, 3.05) is 11.9 Å². The van der Waals surface area contributed by atoms with Gasteiger partial charge >= 0.3 is 5.97 Å². The standard InChI is InChI=1S/C22H13ClFNO6S/c23-16-10-13(24)6-8-17(16)25-20(26)11-31-22(28)12-5-7-15-19(9-12)32(29,30)18-4-2-1-3-14(18)21(15)27/h1-10H,11H2,(H,25,26). The first-order valence-electron chi connectivity index (χ1n) is 9.13. The van der Waals surface area contributed by atoms with Crippen molar-refractivity contribution in [3.05, 3.63) is 88.2 Å². The first kappa shape index (κ1) is 21.7. The highest BCUT2D eigenvalue weighted by Crippen LogP contribution is 2.34. The van der Waals surface area contributed by atoms with Crippen LogP contribution in [0.4, 0.5) is 10.1 Å². The Morgan fingerprint density at radius 3 is 2.44 bits per heavy atom. The van der Waals surface area contributed by atoms with Gasteiger partial charge in [0.05, 0.1) is 26.1 Å². The van der Waals surface area contributed by atoms with Crippen LogP contribution in [0.3, 0.4) is 0 Å². The number of ether oxygens (including phenoxy) is 1. The number of anilines is 1. The normalized spacial score (nSPS) is 13.6. The molecule has 32 heavy (non-hydrogen) atoms. The first-order chi connectivity index (χ1) is 15.2. The van der Waals surface area contributed by atoms with Gasteiger partial charge in [-0.15, -0.1) is 0 Å². The molecule has 0 fully saturated rings. The molecule has 0 saturated carbocycles. The molecule has 0 spiro atoms. The molecule has 0 aromatic heterocycles. The summed E-state index contributed by atoms with van der Waals surface area (Å²) >= 11 is 5.83. The van der Waals surface area contributed by atoms with Crippen molar-refractivity contribution < 1.29 is 31.9 Å². The fraction of sp³-hybridized carbons (Fsp3) is 0.0455. The molecular weight excluding hydrogens is 461 g/mol. The van der Waals surface area contributed by atoms with Crippen LogP contribution >= 0.6 is 11.6 Å². The maximum atomic E-state index is 13.1. The SMILES string of the molecule is O=C(COC(=O)c1ccc2c(c1)S(=O)(=O)c1ccccc1C2=O)Nc1ccc(F)cc1Cl. The molecule has 3 aromatic carbocycles. The molecule has 0 aliphatic carbocycles. The number of hydrogen-bond donors (Lipinski definition) is 1. The fourth-order valence-corrected chi connectivity index (χ4v) is 5.09. The van der Waals surface area contributed by atoms with Crippen molar-refractivity contribution in [1.82, 2.24) is 0 Å². The van der Waals surface area contributed by atoms with Crippen LogP contribution in [0.15, 0.2) is 70.5 Å². The summed E-state index contributed by atoms with van der Waals surface area (Å²) in [5.74, 6) is -2.75. The summed E-state index contributed by atoms with van der Waals surface area (Å²) in [4.78, 5) is 36.6. The average Bonchev–Trinajstić information content (AvgIpc) is 2.77. The van der Waals surface area contributed by atoms with E-state index < -0.39 is 39.9 Å². The Morgan fingerprint density at radius 2 is 1.69 bits per heavy atom. The van der Waals surface area contributed by atoms with Crippen LogP contribution < -0.4 is 5.32 Å². The van der Waals surface area contributed by atoms with E-state index in [-0.39, 0.29) is 37.2 Å². The molecule has 1 N–H and O–H groups in total. The van der Waals surface area contributed by atoms with Gasteiger partial charge in [0, 0.05) is 11.1 Å². The molecule has 0 radical (unpaired) electrons. The van der Waals surface area contributed by atoms with Gasteiger partial charge in [-0.3, -0.25) is 9.59 Å². The number of esters is 1. The highest BCUT2D eigenvalue weighted by molar-refractivity contribution is 7.91. The Morgan fingerprint density at radius 1 is 0.969 bits per heavy atom. The number of nitrogens with one attached hydrogen (secondary N) is 1. The molecule has 7 nitrogen and oxygen atoms in total. The van der Waals surface area contributed by atoms with E-state index >= 15 is 0 Å². The number of carbonyl (C=O) groups is 3. The van der Waals surface area contributed by atoms with Crippen molar-refractivity contribution >= 4 is 44.8 Å². The van der Waals surface area contributed by atoms with Crippen LogP contribution in [0.1, 0.15) is 26.3 Å². The van der Waals surface area contributed by atoms with Crippen molar-refractivity contribution in [1.29, 1.82) is 0 Å². The number of rotatable bonds is 4. The summed E-state index contributed by atoms with van der Waals surface area (Å²) in [5, 5.41) is 2.34. The molecule has 3 aromatic rings. The highest BCUT2D eigenvalue weighted by atomic mass is 35.5. The second-order valence-electron chi connectivity index (χ2n) is 6.79. The molecule has 162 valence electrons. The lowest BCUT2D eigenvalue weighted by molar-refractivity contribution is -0.119. The van der Waals surface area contributed by atoms with E-state index in [1.165, 1.54) is 36.4 Å². The van der Waals surface area contributed by atoms with Crippen LogP contribution in [-0.4, -0.2) is 32.7 Å². The number of ketones is 1. The number of hydrogen-bond acceptors (Lipinski definition) is 6. The van der Waals surface area contributed by atoms with Crippen molar-refractivity contribution in [3.63, 3.8) is 0 Å². The maximum Gasteiger partial charge on any atom is 0.338 e. The van der Waals surface area contributed by atoms with Crippen molar-refractivity contribution in [2.24, 2.45) is 0 Å². The molecule has 1 aliphatic heterocycles. The molecule has 4 rings (SSSR count). The van der Waals surface area contributed by atoms with Crippen molar-refractivity contribution in [2.45, 2.75) is 9.79 Å². The molecule has 0 bridgehead atoms. The lowest BCUT2D eigenvalue weighted by Crippen LogP contribution is -2.23. The number of carbonyl (C=O) groups excluding carboxylic acids is 3. The van der Waals surface area contributed by atoms with E-state index in [2.05, 4.69) is 5.32 Å². The Labute approximate surface area is 186 Å². The smallest absolute Gasteiger partial charge is 0.338 e. The average molecular weight is 474 g/mol. The molecular formula is C22H13ClFNO6S. The monoisotopic (exact) mass is 473 g/mol. The minimum atomic E-state index is -4.02. The topological polar surface area (TPSA) is 107 Å². The lowest BCUT2D eigenvalue weighted by atomic mass is 10.0. The third-order valence-corrected chi connectivity index (χ3v) is 6.88. The Balaban J connectivity index is 1.52. The van der Waals surface area contributed by atoms with E-state index in [0.29, 0.717) is 0 Å². The number of amides is 1. The van der Waals surface area contributed by atoms with Gasteiger partial charge in [-0.25, -0.2) is 17.6 Å². The number of sulfone groups is 1. The predicted molar refractivity (Wildman–Crippen MR) is 112 cm³/mol. The summed E-state index contributed by atoms with van der Waals surface area (Å²) < 4.78 is 43.9. The van der Waals surface area contributed by atoms with Gasteiger partial charge in [-0.05, 0) is 48.5 Å². The quantitative estimate of drug-likeness (QED) is 0.453. The second-order valence-corrected chi connectivity index (χ2v) is 9.08. The largest absolute Gasteiger partial charge is 0.452 e. The summed E-state index contributed by atoms with van der Waals surface area (Å²) in [6, 6.07) is 12.7. The highest BCUT2D eigenvalue weighted by Gasteiger charge is 2.35. The van der Waals surface area contributed by atoms with Gasteiger partial charge in [0.1, 0.15) is 5.82 Å². The summed E-state index contributed by atoms with van der Waals surface area (Å²) in [6.07, 6.45) is 0. The fourth-order valence-electron chi connectivity index (χ4n) is 3.20. The Kier molecular flexibility index (Phi) is 5.53. The van der Waals surface area contributed by atoms with Gasteiger partial charge in [0.2, 0.25) is 9.84 Å². The molecule has 0 saturated heterocycles. The number of benzene rings is 3. The Bertz CT molecular complexity index is 1400. The van der Waals surface area contributed by atoms with Crippen molar-refractivity contribution in [3.8, 4) is 0 Å². The summed E-state index contributed by atoms with van der Waals surface area (Å²) in [7, 11) is -4.02. The second kappa shape index (κ2) is 8.18. The maximum absolute atomic E-state index is 13.1. The predicted octanol–water partition coefficient (Wildman–Crippen LogP) is 3.65. The van der Waals surface area contributed by atoms with Gasteiger partial charge < -0.3 is 10.1 Å². The zero-order valence-corrected chi connectivity index (χ0v) is 17.7. The van der Waals surface area contributed by atoms with E-state index in [9.17, 15) is 27.2 Å².